The van der Waals surface area contributed by atoms with Crippen LogP contribution in [0.5, 0.6) is 0 Å². The number of nitrogens with zero attached hydrogens (tertiary/aromatic N) is 4. The van der Waals surface area contributed by atoms with Gasteiger partial charge in [-0.25, -0.2) is 4.68 Å². The van der Waals surface area contributed by atoms with Crippen molar-refractivity contribution in [1.82, 2.24) is 20.1 Å². The third-order valence-corrected chi connectivity index (χ3v) is 4.65. The van der Waals surface area contributed by atoms with Crippen LogP contribution in [0.1, 0.15) is 46.1 Å². The molecule has 1 aromatic carbocycles. The lowest BCUT2D eigenvalue weighted by molar-refractivity contribution is 0.0932. The van der Waals surface area contributed by atoms with Crippen molar-refractivity contribution in [3.8, 4) is 11.8 Å². The number of nitrogens with one attached hydrogen (secondary N) is 1. The molecular formula is C20H17N5O. The first-order valence-electron chi connectivity index (χ1n) is 8.54. The fourth-order valence-corrected chi connectivity index (χ4v) is 3.39. The van der Waals surface area contributed by atoms with E-state index in [1.807, 2.05) is 23.0 Å². The number of hydrogen-bond donors (Lipinski definition) is 1. The Hall–Kier alpha value is -3.46. The molecule has 0 radical (unpaired) electrons. The number of rotatable bonds is 3. The number of fused-ring (bicyclic) bond motifs is 1. The Balaban J connectivity index is 1.60. The Morgan fingerprint density at radius 2 is 2.12 bits per heavy atom. The van der Waals surface area contributed by atoms with Crippen LogP contribution in [0, 0.1) is 11.3 Å². The second kappa shape index (κ2) is 6.81. The smallest absolute Gasteiger partial charge is 0.251 e. The van der Waals surface area contributed by atoms with Crippen LogP contribution in [0.15, 0.2) is 55.0 Å². The number of carbonyl (C=O) groups is 1. The summed E-state index contributed by atoms with van der Waals surface area (Å²) in [6.45, 7) is 0. The molecule has 0 aliphatic heterocycles. The molecule has 2 heterocycles. The van der Waals surface area contributed by atoms with E-state index in [2.05, 4.69) is 21.5 Å². The zero-order valence-electron chi connectivity index (χ0n) is 14.1. The minimum atomic E-state index is -0.170. The summed E-state index contributed by atoms with van der Waals surface area (Å²) in [4.78, 5) is 16.7. The standard InChI is InChI=1S/C20H17N5O/c21-12-14-3-1-4-15(11-14)20(26)24-18-5-2-6-19-17(18)13-23-25(19)16-7-9-22-10-8-16/h1,3-4,7-11,13,18H,2,5-6H2,(H,24,26)/t18-/m0/s1. The summed E-state index contributed by atoms with van der Waals surface area (Å²) in [6.07, 6.45) is 8.10. The molecule has 1 amide bonds. The maximum absolute atomic E-state index is 12.6. The summed E-state index contributed by atoms with van der Waals surface area (Å²) in [6, 6.07) is 12.6. The Morgan fingerprint density at radius 1 is 1.27 bits per heavy atom. The highest BCUT2D eigenvalue weighted by atomic mass is 16.1. The van der Waals surface area contributed by atoms with E-state index in [1.165, 1.54) is 0 Å². The van der Waals surface area contributed by atoms with Gasteiger partial charge in [-0.1, -0.05) is 6.07 Å². The molecule has 3 aromatic rings. The lowest BCUT2D eigenvalue weighted by Crippen LogP contribution is -2.31. The van der Waals surface area contributed by atoms with Crippen molar-refractivity contribution in [2.45, 2.75) is 25.3 Å². The number of nitriles is 1. The van der Waals surface area contributed by atoms with Crippen molar-refractivity contribution in [1.29, 1.82) is 5.26 Å². The van der Waals surface area contributed by atoms with E-state index in [0.29, 0.717) is 11.1 Å². The van der Waals surface area contributed by atoms with Gasteiger partial charge in [0.2, 0.25) is 0 Å². The molecule has 0 spiro atoms. The van der Waals surface area contributed by atoms with Gasteiger partial charge in [-0.05, 0) is 49.6 Å². The number of hydrogen-bond acceptors (Lipinski definition) is 4. The van der Waals surface area contributed by atoms with Gasteiger partial charge in [0.15, 0.2) is 0 Å². The molecule has 0 bridgehead atoms. The fourth-order valence-electron chi connectivity index (χ4n) is 3.39. The average Bonchev–Trinajstić information content (AvgIpc) is 3.14. The maximum atomic E-state index is 12.6. The fraction of sp³-hybridized carbons (Fsp3) is 0.200. The number of benzene rings is 1. The second-order valence-electron chi connectivity index (χ2n) is 6.27. The molecular weight excluding hydrogens is 326 g/mol. The third-order valence-electron chi connectivity index (χ3n) is 4.65. The van der Waals surface area contributed by atoms with Crippen LogP contribution in [-0.4, -0.2) is 20.7 Å². The number of carbonyl (C=O) groups excluding carboxylic acids is 1. The zero-order chi connectivity index (χ0) is 17.9. The highest BCUT2D eigenvalue weighted by Crippen LogP contribution is 2.31. The van der Waals surface area contributed by atoms with Crippen molar-refractivity contribution < 1.29 is 4.79 Å². The minimum absolute atomic E-state index is 0.0763. The van der Waals surface area contributed by atoms with E-state index in [1.54, 1.807) is 36.7 Å². The van der Waals surface area contributed by atoms with Gasteiger partial charge in [0.25, 0.3) is 5.91 Å². The van der Waals surface area contributed by atoms with Gasteiger partial charge < -0.3 is 5.32 Å². The molecule has 1 aliphatic rings. The summed E-state index contributed by atoms with van der Waals surface area (Å²) < 4.78 is 1.92. The summed E-state index contributed by atoms with van der Waals surface area (Å²) in [5.74, 6) is -0.170. The normalized spacial score (nSPS) is 15.7. The van der Waals surface area contributed by atoms with E-state index < -0.39 is 0 Å². The molecule has 6 nitrogen and oxygen atoms in total. The first-order chi connectivity index (χ1) is 12.8. The second-order valence-corrected chi connectivity index (χ2v) is 6.27. The molecule has 0 fully saturated rings. The van der Waals surface area contributed by atoms with Crippen LogP contribution in [-0.2, 0) is 6.42 Å². The average molecular weight is 343 g/mol. The van der Waals surface area contributed by atoms with Gasteiger partial charge in [-0.2, -0.15) is 10.4 Å². The molecule has 2 aromatic heterocycles. The molecule has 0 unspecified atom stereocenters. The Labute approximate surface area is 151 Å². The van der Waals surface area contributed by atoms with E-state index in [-0.39, 0.29) is 11.9 Å². The third kappa shape index (κ3) is 2.95. The summed E-state index contributed by atoms with van der Waals surface area (Å²) in [5, 5.41) is 16.6. The van der Waals surface area contributed by atoms with Crippen molar-refractivity contribution >= 4 is 5.91 Å². The monoisotopic (exact) mass is 343 g/mol. The number of aromatic nitrogens is 3. The van der Waals surface area contributed by atoms with Crippen LogP contribution < -0.4 is 5.32 Å². The van der Waals surface area contributed by atoms with Gasteiger partial charge in [-0.3, -0.25) is 9.78 Å². The summed E-state index contributed by atoms with van der Waals surface area (Å²) >= 11 is 0. The zero-order valence-corrected chi connectivity index (χ0v) is 14.1. The quantitative estimate of drug-likeness (QED) is 0.792. The minimum Gasteiger partial charge on any atom is -0.345 e. The van der Waals surface area contributed by atoms with Crippen LogP contribution in [0.4, 0.5) is 0 Å². The van der Waals surface area contributed by atoms with E-state index >= 15 is 0 Å². The highest BCUT2D eigenvalue weighted by Gasteiger charge is 2.26. The van der Waals surface area contributed by atoms with Gasteiger partial charge in [0.05, 0.1) is 29.6 Å². The molecule has 4 rings (SSSR count). The van der Waals surface area contributed by atoms with Crippen LogP contribution in [0.25, 0.3) is 5.69 Å². The predicted octanol–water partition coefficient (Wildman–Crippen LogP) is 2.95. The van der Waals surface area contributed by atoms with Crippen LogP contribution in [0.2, 0.25) is 0 Å². The van der Waals surface area contributed by atoms with Crippen molar-refractivity contribution in [3.63, 3.8) is 0 Å². The molecule has 6 heteroatoms. The lowest BCUT2D eigenvalue weighted by atomic mass is 9.92. The van der Waals surface area contributed by atoms with E-state index in [9.17, 15) is 4.79 Å². The first kappa shape index (κ1) is 16.0. The molecule has 1 atom stereocenters. The molecule has 1 N–H and O–H groups in total. The predicted molar refractivity (Wildman–Crippen MR) is 95.7 cm³/mol. The topological polar surface area (TPSA) is 83.6 Å². The van der Waals surface area contributed by atoms with E-state index in [0.717, 1.165) is 36.2 Å². The first-order valence-corrected chi connectivity index (χ1v) is 8.54. The van der Waals surface area contributed by atoms with Crippen LogP contribution in [0.3, 0.4) is 0 Å². The maximum Gasteiger partial charge on any atom is 0.251 e. The molecule has 0 saturated carbocycles. The van der Waals surface area contributed by atoms with Gasteiger partial charge >= 0.3 is 0 Å². The summed E-state index contributed by atoms with van der Waals surface area (Å²) in [5.41, 5.74) is 4.12. The largest absolute Gasteiger partial charge is 0.345 e. The van der Waals surface area contributed by atoms with Crippen molar-refractivity contribution in [2.75, 3.05) is 0 Å². The Kier molecular flexibility index (Phi) is 4.20. The molecule has 128 valence electrons. The van der Waals surface area contributed by atoms with Gasteiger partial charge in [-0.15, -0.1) is 0 Å². The Bertz CT molecular complexity index is 987. The highest BCUT2D eigenvalue weighted by molar-refractivity contribution is 5.94. The number of pyridine rings is 1. The number of amides is 1. The van der Waals surface area contributed by atoms with Crippen molar-refractivity contribution in [2.24, 2.45) is 0 Å². The lowest BCUT2D eigenvalue weighted by Gasteiger charge is -2.24. The SMILES string of the molecule is N#Cc1cccc(C(=O)N[C@H]2CCCc3c2cnn3-c2ccncc2)c1. The van der Waals surface area contributed by atoms with Crippen molar-refractivity contribution in [3.05, 3.63) is 77.4 Å². The summed E-state index contributed by atoms with van der Waals surface area (Å²) in [7, 11) is 0. The molecule has 0 saturated heterocycles. The Morgan fingerprint density at radius 3 is 2.92 bits per heavy atom. The molecule has 1 aliphatic carbocycles. The van der Waals surface area contributed by atoms with Gasteiger partial charge in [0.1, 0.15) is 0 Å². The van der Waals surface area contributed by atoms with Crippen LogP contribution >= 0.6 is 0 Å². The van der Waals surface area contributed by atoms with Gasteiger partial charge in [0, 0.05) is 29.2 Å². The van der Waals surface area contributed by atoms with E-state index in [4.69, 9.17) is 5.26 Å². The molecule has 26 heavy (non-hydrogen) atoms.